The molecule has 0 atom stereocenters. The zero-order valence-corrected chi connectivity index (χ0v) is 18.0. The minimum atomic E-state index is -3.62. The second kappa shape index (κ2) is 9.07. The lowest BCUT2D eigenvalue weighted by molar-refractivity contribution is -0.130. The van der Waals surface area contributed by atoms with E-state index in [4.69, 9.17) is 0 Å². The van der Waals surface area contributed by atoms with E-state index in [1.54, 1.807) is 29.5 Å². The van der Waals surface area contributed by atoms with E-state index in [0.717, 1.165) is 34.3 Å². The number of thiophene rings is 1. The van der Waals surface area contributed by atoms with Gasteiger partial charge in [0, 0.05) is 39.4 Å². The van der Waals surface area contributed by atoms with Gasteiger partial charge >= 0.3 is 0 Å². The molecule has 1 aliphatic heterocycles. The summed E-state index contributed by atoms with van der Waals surface area (Å²) in [5.74, 6) is -0.234. The maximum absolute atomic E-state index is 12.5. The molecule has 0 saturated carbocycles. The molecule has 1 fully saturated rings. The number of nitrogens with zero attached hydrogens (tertiary/aromatic N) is 3. The molecule has 8 heteroatoms. The fraction of sp³-hybridized carbons (Fsp3) is 0.450. The van der Waals surface area contributed by atoms with Crippen molar-refractivity contribution >= 4 is 33.0 Å². The molecule has 0 spiro atoms. The van der Waals surface area contributed by atoms with E-state index in [1.807, 2.05) is 12.1 Å². The van der Waals surface area contributed by atoms with E-state index in [-0.39, 0.29) is 16.7 Å². The standard InChI is InChI=1S/C20H27N3O3S2/c1-21(19(24)16-22(2)28(25,26)20-7-6-14-27-20)15-17-8-10-18(11-9-17)23-12-4-3-5-13-23/h6-11,14H,3-5,12-13,15-16H2,1-2H3. The van der Waals surface area contributed by atoms with Crippen molar-refractivity contribution in [3.05, 3.63) is 47.3 Å². The first-order chi connectivity index (χ1) is 13.4. The molecule has 0 N–H and O–H groups in total. The number of sulfonamides is 1. The van der Waals surface area contributed by atoms with Crippen LogP contribution in [0.25, 0.3) is 0 Å². The average molecular weight is 422 g/mol. The lowest BCUT2D eigenvalue weighted by atomic mass is 10.1. The highest BCUT2D eigenvalue weighted by molar-refractivity contribution is 7.91. The van der Waals surface area contributed by atoms with Crippen LogP contribution in [0, 0.1) is 0 Å². The van der Waals surface area contributed by atoms with Gasteiger partial charge in [0.15, 0.2) is 0 Å². The number of benzene rings is 1. The lowest BCUT2D eigenvalue weighted by Gasteiger charge is -2.29. The molecule has 0 bridgehead atoms. The highest BCUT2D eigenvalue weighted by Gasteiger charge is 2.25. The number of piperidine rings is 1. The number of carbonyl (C=O) groups excluding carboxylic acids is 1. The predicted octanol–water partition coefficient (Wildman–Crippen LogP) is 3.02. The third kappa shape index (κ3) is 4.92. The normalized spacial score (nSPS) is 15.0. The van der Waals surface area contributed by atoms with E-state index in [9.17, 15) is 13.2 Å². The van der Waals surface area contributed by atoms with Gasteiger partial charge in [0.25, 0.3) is 10.0 Å². The van der Waals surface area contributed by atoms with Gasteiger partial charge in [-0.05, 0) is 48.4 Å². The van der Waals surface area contributed by atoms with Crippen LogP contribution in [0.3, 0.4) is 0 Å². The molecule has 1 saturated heterocycles. The molecule has 6 nitrogen and oxygen atoms in total. The summed E-state index contributed by atoms with van der Waals surface area (Å²) in [6, 6.07) is 11.5. The summed E-state index contributed by atoms with van der Waals surface area (Å²) in [4.78, 5) is 16.5. The first-order valence-corrected chi connectivity index (χ1v) is 11.8. The molecule has 0 unspecified atom stereocenters. The van der Waals surface area contributed by atoms with E-state index >= 15 is 0 Å². The Morgan fingerprint density at radius 1 is 1.07 bits per heavy atom. The number of rotatable bonds is 7. The molecule has 3 rings (SSSR count). The Morgan fingerprint density at radius 2 is 1.75 bits per heavy atom. The molecule has 2 aromatic rings. The lowest BCUT2D eigenvalue weighted by Crippen LogP contribution is -2.38. The van der Waals surface area contributed by atoms with Gasteiger partial charge in [0.2, 0.25) is 5.91 Å². The van der Waals surface area contributed by atoms with Gasteiger partial charge < -0.3 is 9.80 Å². The van der Waals surface area contributed by atoms with Crippen LogP contribution in [-0.2, 0) is 21.4 Å². The fourth-order valence-corrected chi connectivity index (χ4v) is 5.61. The van der Waals surface area contributed by atoms with E-state index in [2.05, 4.69) is 17.0 Å². The quantitative estimate of drug-likeness (QED) is 0.690. The van der Waals surface area contributed by atoms with Crippen LogP contribution >= 0.6 is 11.3 Å². The summed E-state index contributed by atoms with van der Waals surface area (Å²) in [6.07, 6.45) is 3.78. The molecule has 1 aliphatic rings. The van der Waals surface area contributed by atoms with Gasteiger partial charge in [-0.2, -0.15) is 4.31 Å². The molecule has 1 amide bonds. The number of amides is 1. The van der Waals surface area contributed by atoms with Crippen molar-refractivity contribution in [3.63, 3.8) is 0 Å². The summed E-state index contributed by atoms with van der Waals surface area (Å²) in [7, 11) is -0.477. The summed E-state index contributed by atoms with van der Waals surface area (Å²) >= 11 is 1.15. The van der Waals surface area contributed by atoms with E-state index in [1.165, 1.54) is 32.0 Å². The minimum absolute atomic E-state index is 0.178. The first-order valence-electron chi connectivity index (χ1n) is 9.45. The second-order valence-electron chi connectivity index (χ2n) is 7.16. The van der Waals surface area contributed by atoms with Gasteiger partial charge in [-0.15, -0.1) is 11.3 Å². The SMILES string of the molecule is CN(Cc1ccc(N2CCCCC2)cc1)C(=O)CN(C)S(=O)(=O)c1cccs1. The molecule has 0 aliphatic carbocycles. The molecule has 2 heterocycles. The average Bonchev–Trinajstić information content (AvgIpc) is 3.25. The van der Waals surface area contributed by atoms with Gasteiger partial charge in [-0.3, -0.25) is 4.79 Å². The van der Waals surface area contributed by atoms with Crippen molar-refractivity contribution in [3.8, 4) is 0 Å². The maximum atomic E-state index is 12.5. The number of hydrogen-bond acceptors (Lipinski definition) is 5. The Balaban J connectivity index is 1.56. The molecule has 1 aromatic carbocycles. The minimum Gasteiger partial charge on any atom is -0.372 e. The summed E-state index contributed by atoms with van der Waals surface area (Å²) in [6.45, 7) is 2.47. The van der Waals surface area contributed by atoms with Gasteiger partial charge in [-0.1, -0.05) is 18.2 Å². The molecule has 152 valence electrons. The first kappa shape index (κ1) is 20.8. The van der Waals surface area contributed by atoms with Crippen molar-refractivity contribution < 1.29 is 13.2 Å². The van der Waals surface area contributed by atoms with Gasteiger partial charge in [0.05, 0.1) is 6.54 Å². The van der Waals surface area contributed by atoms with Crippen molar-refractivity contribution in [2.24, 2.45) is 0 Å². The van der Waals surface area contributed by atoms with Crippen LogP contribution < -0.4 is 4.90 Å². The zero-order valence-electron chi connectivity index (χ0n) is 16.4. The monoisotopic (exact) mass is 421 g/mol. The van der Waals surface area contributed by atoms with Crippen LogP contribution in [0.4, 0.5) is 5.69 Å². The van der Waals surface area contributed by atoms with Crippen LogP contribution in [0.15, 0.2) is 46.0 Å². The number of carbonyl (C=O) groups is 1. The zero-order chi connectivity index (χ0) is 20.1. The Labute approximate surface area is 171 Å². The second-order valence-corrected chi connectivity index (χ2v) is 10.4. The Hall–Kier alpha value is -1.90. The Morgan fingerprint density at radius 3 is 2.36 bits per heavy atom. The highest BCUT2D eigenvalue weighted by Crippen LogP contribution is 2.21. The predicted molar refractivity (Wildman–Crippen MR) is 113 cm³/mol. The topological polar surface area (TPSA) is 60.9 Å². The summed E-state index contributed by atoms with van der Waals surface area (Å²) < 4.78 is 26.3. The molecule has 0 radical (unpaired) electrons. The van der Waals surface area contributed by atoms with Gasteiger partial charge in [0.1, 0.15) is 4.21 Å². The third-order valence-electron chi connectivity index (χ3n) is 5.02. The third-order valence-corrected chi connectivity index (χ3v) is 8.20. The molecule has 28 heavy (non-hydrogen) atoms. The van der Waals surface area contributed by atoms with E-state index in [0.29, 0.717) is 6.54 Å². The van der Waals surface area contributed by atoms with Gasteiger partial charge in [-0.25, -0.2) is 8.42 Å². The smallest absolute Gasteiger partial charge is 0.252 e. The highest BCUT2D eigenvalue weighted by atomic mass is 32.2. The van der Waals surface area contributed by atoms with Crippen molar-refractivity contribution in [2.75, 3.05) is 38.6 Å². The fourth-order valence-electron chi connectivity index (χ4n) is 3.29. The van der Waals surface area contributed by atoms with Crippen molar-refractivity contribution in [2.45, 2.75) is 30.0 Å². The number of hydrogen-bond donors (Lipinski definition) is 0. The van der Waals surface area contributed by atoms with Crippen molar-refractivity contribution in [1.29, 1.82) is 0 Å². The van der Waals surface area contributed by atoms with Crippen LogP contribution in [-0.4, -0.2) is 57.3 Å². The van der Waals surface area contributed by atoms with E-state index < -0.39 is 10.0 Å². The van der Waals surface area contributed by atoms with Crippen molar-refractivity contribution in [1.82, 2.24) is 9.21 Å². The molecular formula is C20H27N3O3S2. The Bertz CT molecular complexity index is 874. The number of likely N-dealkylation sites (N-methyl/N-ethyl adjacent to an activating group) is 2. The molecular weight excluding hydrogens is 394 g/mol. The van der Waals surface area contributed by atoms with Crippen LogP contribution in [0.5, 0.6) is 0 Å². The maximum Gasteiger partial charge on any atom is 0.252 e. The largest absolute Gasteiger partial charge is 0.372 e. The summed E-state index contributed by atoms with van der Waals surface area (Å²) in [5, 5.41) is 1.71. The van der Waals surface area contributed by atoms with Crippen LogP contribution in [0.2, 0.25) is 0 Å². The number of anilines is 1. The van der Waals surface area contributed by atoms with Crippen LogP contribution in [0.1, 0.15) is 24.8 Å². The Kier molecular flexibility index (Phi) is 6.74. The summed E-state index contributed by atoms with van der Waals surface area (Å²) in [5.41, 5.74) is 2.25. The molecule has 1 aromatic heterocycles.